The number of rotatable bonds is 4. The molecule has 6 nitrogen and oxygen atoms in total. The molecule has 0 amide bonds. The largest absolute Gasteiger partial charge is 0.375 e. The van der Waals surface area contributed by atoms with E-state index in [1.807, 2.05) is 0 Å². The van der Waals surface area contributed by atoms with E-state index in [1.165, 1.54) is 25.7 Å². The van der Waals surface area contributed by atoms with Crippen molar-refractivity contribution in [2.45, 2.75) is 76.5 Å². The molecule has 26 heavy (non-hydrogen) atoms. The topological polar surface area (TPSA) is 79.8 Å². The quantitative estimate of drug-likeness (QED) is 0.353. The average molecular weight is 499 g/mol. The third-order valence-corrected chi connectivity index (χ3v) is 7.41. The minimum absolute atomic E-state index is 0. The zero-order valence-electron chi connectivity index (χ0n) is 16.0. The van der Waals surface area contributed by atoms with Gasteiger partial charge in [-0.25, -0.2) is 8.42 Å². The standard InChI is InChI=1S/C18H33N3O3S.HI/c1-18(2)11-16(7-9-24-18)21-17(20-15-5-3-4-6-15)19-12-14-8-10-25(22,23)13-14;/h14-16H,3-13H2,1-2H3,(H2,19,20,21);1H. The molecule has 0 aromatic heterocycles. The predicted molar refractivity (Wildman–Crippen MR) is 116 cm³/mol. The summed E-state index contributed by atoms with van der Waals surface area (Å²) in [5.41, 5.74) is -0.103. The monoisotopic (exact) mass is 499 g/mol. The van der Waals surface area contributed by atoms with Gasteiger partial charge in [-0.3, -0.25) is 4.99 Å². The zero-order valence-corrected chi connectivity index (χ0v) is 19.1. The average Bonchev–Trinajstić information content (AvgIpc) is 3.13. The lowest BCUT2D eigenvalue weighted by atomic mass is 9.94. The minimum Gasteiger partial charge on any atom is -0.375 e. The summed E-state index contributed by atoms with van der Waals surface area (Å²) >= 11 is 0. The lowest BCUT2D eigenvalue weighted by Crippen LogP contribution is -2.51. The summed E-state index contributed by atoms with van der Waals surface area (Å²) in [6.45, 7) is 5.62. The van der Waals surface area contributed by atoms with E-state index in [9.17, 15) is 8.42 Å². The van der Waals surface area contributed by atoms with Gasteiger partial charge >= 0.3 is 0 Å². The van der Waals surface area contributed by atoms with E-state index in [0.717, 1.165) is 31.8 Å². The first-order valence-electron chi connectivity index (χ1n) is 9.73. The lowest BCUT2D eigenvalue weighted by Gasteiger charge is -2.36. The van der Waals surface area contributed by atoms with Gasteiger partial charge < -0.3 is 15.4 Å². The Bertz CT molecular complexity index is 588. The molecule has 1 aliphatic carbocycles. The smallest absolute Gasteiger partial charge is 0.191 e. The molecule has 2 unspecified atom stereocenters. The first-order valence-corrected chi connectivity index (χ1v) is 11.6. The maximum atomic E-state index is 11.7. The fraction of sp³-hybridized carbons (Fsp3) is 0.944. The van der Waals surface area contributed by atoms with Crippen molar-refractivity contribution < 1.29 is 13.2 Å². The van der Waals surface area contributed by atoms with E-state index < -0.39 is 9.84 Å². The maximum Gasteiger partial charge on any atom is 0.191 e. The molecule has 2 N–H and O–H groups in total. The van der Waals surface area contributed by atoms with Gasteiger partial charge in [0.2, 0.25) is 0 Å². The van der Waals surface area contributed by atoms with Gasteiger partial charge in [0.25, 0.3) is 0 Å². The molecule has 152 valence electrons. The van der Waals surface area contributed by atoms with E-state index in [2.05, 4.69) is 24.5 Å². The molecule has 2 saturated heterocycles. The highest BCUT2D eigenvalue weighted by Crippen LogP contribution is 2.24. The van der Waals surface area contributed by atoms with Crippen molar-refractivity contribution in [3.8, 4) is 0 Å². The van der Waals surface area contributed by atoms with Crippen LogP contribution in [0, 0.1) is 5.92 Å². The molecule has 2 heterocycles. The van der Waals surface area contributed by atoms with Crippen LogP contribution in [-0.2, 0) is 14.6 Å². The number of nitrogens with one attached hydrogen (secondary N) is 2. The number of aliphatic imine (C=N–C) groups is 1. The van der Waals surface area contributed by atoms with Gasteiger partial charge in [-0.1, -0.05) is 12.8 Å². The van der Waals surface area contributed by atoms with E-state index >= 15 is 0 Å². The molecule has 2 aliphatic heterocycles. The van der Waals surface area contributed by atoms with Gasteiger partial charge in [-0.15, -0.1) is 24.0 Å². The second-order valence-corrected chi connectivity index (χ2v) is 10.8. The Balaban J connectivity index is 0.00000243. The van der Waals surface area contributed by atoms with Crippen LogP contribution in [0.25, 0.3) is 0 Å². The molecule has 0 aromatic carbocycles. The highest BCUT2D eigenvalue weighted by molar-refractivity contribution is 14.0. The van der Waals surface area contributed by atoms with Crippen LogP contribution in [0.15, 0.2) is 4.99 Å². The molecule has 1 saturated carbocycles. The number of nitrogens with zero attached hydrogens (tertiary/aromatic N) is 1. The van der Waals surface area contributed by atoms with Crippen molar-refractivity contribution in [2.75, 3.05) is 24.7 Å². The van der Waals surface area contributed by atoms with E-state index in [0.29, 0.717) is 24.4 Å². The molecule has 8 heteroatoms. The Kier molecular flexibility index (Phi) is 8.03. The molecule has 0 aromatic rings. The fourth-order valence-corrected chi connectivity index (χ4v) is 6.03. The van der Waals surface area contributed by atoms with Gasteiger partial charge in [0.1, 0.15) is 0 Å². The van der Waals surface area contributed by atoms with Crippen LogP contribution in [0.2, 0.25) is 0 Å². The Morgan fingerprint density at radius 1 is 1.12 bits per heavy atom. The number of ether oxygens (including phenoxy) is 1. The summed E-state index contributed by atoms with van der Waals surface area (Å²) in [6.07, 6.45) is 7.61. The number of guanidine groups is 1. The summed E-state index contributed by atoms with van der Waals surface area (Å²) in [5, 5.41) is 7.18. The second-order valence-electron chi connectivity index (χ2n) is 8.53. The van der Waals surface area contributed by atoms with Crippen LogP contribution in [0.4, 0.5) is 0 Å². The summed E-state index contributed by atoms with van der Waals surface area (Å²) in [6, 6.07) is 0.843. The Morgan fingerprint density at radius 3 is 2.42 bits per heavy atom. The van der Waals surface area contributed by atoms with Crippen LogP contribution < -0.4 is 10.6 Å². The van der Waals surface area contributed by atoms with Crippen LogP contribution in [0.1, 0.15) is 58.8 Å². The van der Waals surface area contributed by atoms with Crippen LogP contribution >= 0.6 is 24.0 Å². The van der Waals surface area contributed by atoms with Gasteiger partial charge in [-0.2, -0.15) is 0 Å². The molecule has 0 spiro atoms. The van der Waals surface area contributed by atoms with E-state index in [1.54, 1.807) is 0 Å². The number of sulfone groups is 1. The van der Waals surface area contributed by atoms with Crippen molar-refractivity contribution >= 4 is 39.8 Å². The summed E-state index contributed by atoms with van der Waals surface area (Å²) < 4.78 is 29.1. The molecule has 3 rings (SSSR count). The molecule has 0 radical (unpaired) electrons. The second kappa shape index (κ2) is 9.41. The summed E-state index contributed by atoms with van der Waals surface area (Å²) in [5.74, 6) is 1.63. The molecule has 3 fully saturated rings. The SMILES string of the molecule is CC1(C)CC(NC(=NCC2CCS(=O)(=O)C2)NC2CCCC2)CCO1.I. The van der Waals surface area contributed by atoms with Gasteiger partial charge in [-0.05, 0) is 51.9 Å². The first kappa shape index (κ1) is 22.2. The lowest BCUT2D eigenvalue weighted by molar-refractivity contribution is -0.0605. The molecule has 3 aliphatic rings. The van der Waals surface area contributed by atoms with Crippen LogP contribution in [0.5, 0.6) is 0 Å². The number of hydrogen-bond acceptors (Lipinski definition) is 4. The number of halogens is 1. The van der Waals surface area contributed by atoms with E-state index in [-0.39, 0.29) is 41.2 Å². The highest BCUT2D eigenvalue weighted by Gasteiger charge is 2.31. The van der Waals surface area contributed by atoms with Gasteiger partial charge in [0.05, 0.1) is 17.1 Å². The van der Waals surface area contributed by atoms with Crippen molar-refractivity contribution in [1.29, 1.82) is 0 Å². The summed E-state index contributed by atoms with van der Waals surface area (Å²) in [7, 11) is -2.83. The normalized spacial score (nSPS) is 31.4. The third kappa shape index (κ3) is 6.82. The number of hydrogen-bond donors (Lipinski definition) is 2. The fourth-order valence-electron chi connectivity index (χ4n) is 4.18. The molecule has 0 bridgehead atoms. The highest BCUT2D eigenvalue weighted by atomic mass is 127. The van der Waals surface area contributed by atoms with Crippen molar-refractivity contribution in [3.05, 3.63) is 0 Å². The van der Waals surface area contributed by atoms with E-state index in [4.69, 9.17) is 9.73 Å². The maximum absolute atomic E-state index is 11.7. The molecule has 2 atom stereocenters. The zero-order chi connectivity index (χ0) is 17.9. The Hall–Kier alpha value is -0.0900. The van der Waals surface area contributed by atoms with Gasteiger partial charge in [0, 0.05) is 25.2 Å². The molecular formula is C18H34IN3O3S. The van der Waals surface area contributed by atoms with Crippen LogP contribution in [-0.4, -0.2) is 56.7 Å². The first-order chi connectivity index (χ1) is 11.8. The molecular weight excluding hydrogens is 465 g/mol. The third-order valence-electron chi connectivity index (χ3n) is 5.57. The van der Waals surface area contributed by atoms with Gasteiger partial charge in [0.15, 0.2) is 15.8 Å². The predicted octanol–water partition coefficient (Wildman–Crippen LogP) is 2.47. The Morgan fingerprint density at radius 2 is 1.81 bits per heavy atom. The van der Waals surface area contributed by atoms with Crippen molar-refractivity contribution in [3.63, 3.8) is 0 Å². The minimum atomic E-state index is -2.83. The van der Waals surface area contributed by atoms with Crippen molar-refractivity contribution in [1.82, 2.24) is 10.6 Å². The Labute approximate surface area is 175 Å². The van der Waals surface area contributed by atoms with Crippen LogP contribution in [0.3, 0.4) is 0 Å². The summed E-state index contributed by atoms with van der Waals surface area (Å²) in [4.78, 5) is 4.77. The van der Waals surface area contributed by atoms with Crippen molar-refractivity contribution in [2.24, 2.45) is 10.9 Å².